The minimum Gasteiger partial charge on any atom is -0.380 e. The molecule has 2 aromatic rings. The van der Waals surface area contributed by atoms with Crippen molar-refractivity contribution in [2.24, 2.45) is 0 Å². The van der Waals surface area contributed by atoms with Gasteiger partial charge in [-0.15, -0.1) is 0 Å². The van der Waals surface area contributed by atoms with Crippen LogP contribution in [0.2, 0.25) is 0 Å². The van der Waals surface area contributed by atoms with E-state index in [1.807, 2.05) is 18.2 Å². The molecule has 1 N–H and O–H groups in total. The number of hydrogen-bond donors (Lipinski definition) is 1. The molecule has 1 heterocycles. The highest BCUT2D eigenvalue weighted by atomic mass is 32.1. The lowest BCUT2D eigenvalue weighted by molar-refractivity contribution is 0.634. The lowest BCUT2D eigenvalue weighted by atomic mass is 10.1. The summed E-state index contributed by atoms with van der Waals surface area (Å²) in [6.45, 7) is 6.41. The van der Waals surface area contributed by atoms with Gasteiger partial charge >= 0.3 is 0 Å². The summed E-state index contributed by atoms with van der Waals surface area (Å²) in [5.41, 5.74) is 3.10. The van der Waals surface area contributed by atoms with E-state index in [1.54, 1.807) is 0 Å². The molecule has 0 atom stereocenters. The molecule has 0 aliphatic carbocycles. The van der Waals surface area contributed by atoms with E-state index < -0.39 is 0 Å². The largest absolute Gasteiger partial charge is 0.380 e. The predicted molar refractivity (Wildman–Crippen MR) is 60.8 cm³/mol. The van der Waals surface area contributed by atoms with Crippen molar-refractivity contribution in [3.8, 4) is 0 Å². The van der Waals surface area contributed by atoms with Crippen molar-refractivity contribution in [1.29, 1.82) is 0 Å². The fourth-order valence-corrected chi connectivity index (χ4v) is 1.81. The smallest absolute Gasteiger partial charge is 0.106 e. The number of benzene rings is 1. The van der Waals surface area contributed by atoms with Gasteiger partial charge in [-0.3, -0.25) is 0 Å². The second kappa shape index (κ2) is 3.20. The molecule has 0 spiro atoms. The molecule has 0 amide bonds. The first-order chi connectivity index (χ1) is 6.54. The van der Waals surface area contributed by atoms with Crippen molar-refractivity contribution in [2.75, 3.05) is 5.32 Å². The maximum Gasteiger partial charge on any atom is 0.106 e. The first-order valence-corrected chi connectivity index (χ1v) is 5.28. The molecule has 0 fully saturated rings. The lowest BCUT2D eigenvalue weighted by Gasteiger charge is -2.21. The number of anilines is 1. The summed E-state index contributed by atoms with van der Waals surface area (Å²) < 4.78 is 8.36. The van der Waals surface area contributed by atoms with Crippen molar-refractivity contribution >= 4 is 28.4 Å². The van der Waals surface area contributed by atoms with Gasteiger partial charge in [-0.25, -0.2) is 0 Å². The van der Waals surface area contributed by atoms with Crippen LogP contribution >= 0.6 is 11.7 Å². The molecule has 3 nitrogen and oxygen atoms in total. The van der Waals surface area contributed by atoms with E-state index in [4.69, 9.17) is 0 Å². The van der Waals surface area contributed by atoms with Gasteiger partial charge < -0.3 is 5.32 Å². The molecule has 0 unspecified atom stereocenters. The third-order valence-electron chi connectivity index (χ3n) is 1.77. The van der Waals surface area contributed by atoms with Crippen molar-refractivity contribution in [3.63, 3.8) is 0 Å². The van der Waals surface area contributed by atoms with Crippen LogP contribution in [0.25, 0.3) is 11.0 Å². The van der Waals surface area contributed by atoms with Crippen LogP contribution in [0.5, 0.6) is 0 Å². The Morgan fingerprint density at radius 2 is 1.86 bits per heavy atom. The average Bonchev–Trinajstić information content (AvgIpc) is 2.47. The molecule has 74 valence electrons. The number of aromatic nitrogens is 2. The quantitative estimate of drug-likeness (QED) is 0.781. The number of rotatable bonds is 1. The van der Waals surface area contributed by atoms with Crippen LogP contribution in [0.4, 0.5) is 5.69 Å². The fraction of sp³-hybridized carbons (Fsp3) is 0.400. The van der Waals surface area contributed by atoms with Crippen LogP contribution < -0.4 is 5.32 Å². The molecule has 1 aromatic carbocycles. The summed E-state index contributed by atoms with van der Waals surface area (Å²) in [6.07, 6.45) is 0. The second-order valence-corrected chi connectivity index (χ2v) is 4.87. The number of nitrogens with zero attached hydrogens (tertiary/aromatic N) is 2. The Morgan fingerprint density at radius 1 is 1.14 bits per heavy atom. The normalized spacial score (nSPS) is 11.9. The molecule has 0 radical (unpaired) electrons. The summed E-state index contributed by atoms with van der Waals surface area (Å²) in [4.78, 5) is 0. The highest BCUT2D eigenvalue weighted by molar-refractivity contribution is 7.00. The highest BCUT2D eigenvalue weighted by Gasteiger charge is 2.09. The predicted octanol–water partition coefficient (Wildman–Crippen LogP) is 2.90. The minimum absolute atomic E-state index is 0.0805. The summed E-state index contributed by atoms with van der Waals surface area (Å²) in [7, 11) is 0. The Hall–Kier alpha value is -1.16. The Balaban J connectivity index is 2.35. The molecule has 4 heteroatoms. The van der Waals surface area contributed by atoms with Crippen molar-refractivity contribution in [1.82, 2.24) is 8.75 Å². The Labute approximate surface area is 87.5 Å². The second-order valence-electron chi connectivity index (χ2n) is 4.34. The van der Waals surface area contributed by atoms with Gasteiger partial charge in [-0.05, 0) is 39.0 Å². The minimum atomic E-state index is 0.0805. The highest BCUT2D eigenvalue weighted by Crippen LogP contribution is 2.19. The molecule has 0 saturated heterocycles. The van der Waals surface area contributed by atoms with Gasteiger partial charge in [0.15, 0.2) is 0 Å². The summed E-state index contributed by atoms with van der Waals surface area (Å²) >= 11 is 1.25. The Bertz CT molecular complexity index is 442. The summed E-state index contributed by atoms with van der Waals surface area (Å²) in [5.74, 6) is 0. The monoisotopic (exact) mass is 207 g/mol. The zero-order valence-electron chi connectivity index (χ0n) is 8.53. The van der Waals surface area contributed by atoms with Gasteiger partial charge in [0.05, 0.1) is 11.7 Å². The van der Waals surface area contributed by atoms with Gasteiger partial charge in [0.2, 0.25) is 0 Å². The molecule has 0 saturated carbocycles. The standard InChI is InChI=1S/C10H13N3S/c1-10(2,3)11-7-4-5-8-9(6-7)13-14-12-8/h4-6,11H,1-3H3. The number of fused-ring (bicyclic) bond motifs is 1. The Kier molecular flexibility index (Phi) is 2.15. The third-order valence-corrected chi connectivity index (χ3v) is 2.33. The van der Waals surface area contributed by atoms with Gasteiger partial charge in [-0.2, -0.15) is 8.75 Å². The molecule has 0 aliphatic heterocycles. The van der Waals surface area contributed by atoms with Crippen LogP contribution in [0.1, 0.15) is 20.8 Å². The van der Waals surface area contributed by atoms with Gasteiger partial charge in [0.1, 0.15) is 11.0 Å². The van der Waals surface area contributed by atoms with Crippen LogP contribution in [-0.2, 0) is 0 Å². The van der Waals surface area contributed by atoms with E-state index in [-0.39, 0.29) is 5.54 Å². The van der Waals surface area contributed by atoms with Crippen LogP contribution in [0.3, 0.4) is 0 Å². The fourth-order valence-electron chi connectivity index (χ4n) is 1.29. The molecular weight excluding hydrogens is 194 g/mol. The average molecular weight is 207 g/mol. The third kappa shape index (κ3) is 2.01. The summed E-state index contributed by atoms with van der Waals surface area (Å²) in [6, 6.07) is 6.06. The van der Waals surface area contributed by atoms with Crippen molar-refractivity contribution < 1.29 is 0 Å². The van der Waals surface area contributed by atoms with E-state index in [0.717, 1.165) is 16.7 Å². The first-order valence-electron chi connectivity index (χ1n) is 4.55. The first kappa shape index (κ1) is 9.40. The van der Waals surface area contributed by atoms with E-state index >= 15 is 0 Å². The van der Waals surface area contributed by atoms with Crippen molar-refractivity contribution in [3.05, 3.63) is 18.2 Å². The SMILES string of the molecule is CC(C)(C)Nc1ccc2nsnc2c1. The topological polar surface area (TPSA) is 37.8 Å². The molecule has 1 aromatic heterocycles. The molecule has 2 rings (SSSR count). The molecule has 0 aliphatic rings. The zero-order valence-corrected chi connectivity index (χ0v) is 9.35. The lowest BCUT2D eigenvalue weighted by Crippen LogP contribution is -2.25. The van der Waals surface area contributed by atoms with Crippen LogP contribution in [0, 0.1) is 0 Å². The maximum atomic E-state index is 4.20. The van der Waals surface area contributed by atoms with E-state index in [1.165, 1.54) is 11.7 Å². The van der Waals surface area contributed by atoms with E-state index in [0.29, 0.717) is 0 Å². The maximum absolute atomic E-state index is 4.20. The summed E-state index contributed by atoms with van der Waals surface area (Å²) in [5, 5.41) is 3.40. The zero-order chi connectivity index (χ0) is 10.2. The molecule has 14 heavy (non-hydrogen) atoms. The van der Waals surface area contributed by atoms with Crippen LogP contribution in [-0.4, -0.2) is 14.3 Å². The van der Waals surface area contributed by atoms with Crippen LogP contribution in [0.15, 0.2) is 18.2 Å². The number of nitrogens with one attached hydrogen (secondary N) is 1. The number of hydrogen-bond acceptors (Lipinski definition) is 4. The molecular formula is C10H13N3S. The van der Waals surface area contributed by atoms with E-state index in [2.05, 4.69) is 34.8 Å². The van der Waals surface area contributed by atoms with Crippen molar-refractivity contribution in [2.45, 2.75) is 26.3 Å². The van der Waals surface area contributed by atoms with E-state index in [9.17, 15) is 0 Å². The van der Waals surface area contributed by atoms with Gasteiger partial charge in [0.25, 0.3) is 0 Å². The Morgan fingerprint density at radius 3 is 2.57 bits per heavy atom. The molecule has 0 bridgehead atoms. The van der Waals surface area contributed by atoms with Gasteiger partial charge in [0, 0.05) is 11.2 Å². The van der Waals surface area contributed by atoms with Gasteiger partial charge in [-0.1, -0.05) is 0 Å².